The van der Waals surface area contributed by atoms with Crippen molar-refractivity contribution in [2.24, 2.45) is 0 Å². The Hall–Kier alpha value is -1.37. The summed E-state index contributed by atoms with van der Waals surface area (Å²) in [4.78, 5) is 12.2. The smallest absolute Gasteiger partial charge is 0.313 e. The number of benzene rings is 2. The van der Waals surface area contributed by atoms with Crippen LogP contribution in [0, 0.1) is 0 Å². The van der Waals surface area contributed by atoms with E-state index < -0.39 is 0 Å². The fraction of sp³-hybridized carbons (Fsp3) is 0.389. The van der Waals surface area contributed by atoms with E-state index in [1.54, 1.807) is 28.7 Å². The van der Waals surface area contributed by atoms with Gasteiger partial charge in [0.1, 0.15) is 12.4 Å². The Kier molecular flexibility index (Phi) is 7.75. The fourth-order valence-corrected chi connectivity index (χ4v) is 3.83. The van der Waals surface area contributed by atoms with Gasteiger partial charge in [0.2, 0.25) is 0 Å². The minimum Gasteiger partial charge on any atom is -0.497 e. The van der Waals surface area contributed by atoms with E-state index in [-0.39, 0.29) is 18.5 Å². The number of carbonyl (C=O) groups excluding carboxylic acids is 1. The third-order valence-corrected chi connectivity index (χ3v) is 5.94. The first-order chi connectivity index (χ1) is 11.7. The van der Waals surface area contributed by atoms with Crippen molar-refractivity contribution in [2.75, 3.05) is 31.8 Å². The molecule has 2 aromatic carbocycles. The summed E-state index contributed by atoms with van der Waals surface area (Å²) in [7, 11) is 4.83. The molecule has 0 saturated heterocycles. The maximum atomic E-state index is 12.2. The molecule has 1 atom stereocenters. The number of fused-ring (bicyclic) bond motifs is 1. The Morgan fingerprint density at radius 1 is 1.12 bits per heavy atom. The Bertz CT molecular complexity index is 675. The summed E-state index contributed by atoms with van der Waals surface area (Å²) in [5, 5.41) is 10.8. The molecule has 0 aliphatic carbocycles. The lowest BCUT2D eigenvalue weighted by atomic mass is 9.98. The Balaban J connectivity index is 1.92. The fourth-order valence-electron chi connectivity index (χ4n) is 2.23. The van der Waals surface area contributed by atoms with Gasteiger partial charge in [-0.2, -0.15) is 0 Å². The SMILES string of the molecule is COc1ccc2cc(C(C)C(=O)OCCSSCCO)ccc2c1. The first-order valence-corrected chi connectivity index (χ1v) is 10.2. The van der Waals surface area contributed by atoms with E-state index in [4.69, 9.17) is 14.6 Å². The molecule has 0 amide bonds. The molecule has 0 aliphatic heterocycles. The molecule has 0 aromatic heterocycles. The number of ether oxygens (including phenoxy) is 2. The summed E-state index contributed by atoms with van der Waals surface area (Å²) in [5.41, 5.74) is 0.944. The standard InChI is InChI=1S/C18H22O4S2/c1-13(18(20)22-8-10-24-23-9-7-19)14-3-4-16-12-17(21-2)6-5-15(16)11-14/h3-6,11-13,19H,7-10H2,1-2H3. The summed E-state index contributed by atoms with van der Waals surface area (Å²) < 4.78 is 10.6. The number of methoxy groups -OCH3 is 1. The maximum absolute atomic E-state index is 12.2. The van der Waals surface area contributed by atoms with Crippen LogP contribution in [0.25, 0.3) is 10.8 Å². The van der Waals surface area contributed by atoms with Crippen molar-refractivity contribution in [3.8, 4) is 5.75 Å². The average Bonchev–Trinajstić information content (AvgIpc) is 2.62. The highest BCUT2D eigenvalue weighted by atomic mass is 33.1. The molecule has 2 aromatic rings. The number of hydrogen-bond acceptors (Lipinski definition) is 6. The molecule has 1 unspecified atom stereocenters. The normalized spacial score (nSPS) is 12.1. The highest BCUT2D eigenvalue weighted by Gasteiger charge is 2.17. The maximum Gasteiger partial charge on any atom is 0.313 e. The second kappa shape index (κ2) is 9.81. The van der Waals surface area contributed by atoms with E-state index in [0.717, 1.165) is 27.8 Å². The topological polar surface area (TPSA) is 55.8 Å². The van der Waals surface area contributed by atoms with Crippen molar-refractivity contribution in [3.05, 3.63) is 42.0 Å². The van der Waals surface area contributed by atoms with Crippen LogP contribution in [-0.4, -0.2) is 42.9 Å². The van der Waals surface area contributed by atoms with E-state index in [1.165, 1.54) is 0 Å². The Labute approximate surface area is 150 Å². The molecule has 6 heteroatoms. The van der Waals surface area contributed by atoms with Crippen molar-refractivity contribution >= 4 is 38.3 Å². The van der Waals surface area contributed by atoms with Crippen LogP contribution < -0.4 is 4.74 Å². The van der Waals surface area contributed by atoms with Crippen molar-refractivity contribution in [1.29, 1.82) is 0 Å². The minimum absolute atomic E-state index is 0.169. The van der Waals surface area contributed by atoms with Gasteiger partial charge >= 0.3 is 5.97 Å². The summed E-state index contributed by atoms with van der Waals surface area (Å²) in [6, 6.07) is 11.9. The molecule has 0 aliphatic rings. The van der Waals surface area contributed by atoms with E-state index in [9.17, 15) is 4.79 Å². The predicted octanol–water partition coefficient (Wildman–Crippen LogP) is 3.87. The summed E-state index contributed by atoms with van der Waals surface area (Å²) in [6.07, 6.45) is 0. The number of carbonyl (C=O) groups is 1. The highest BCUT2D eigenvalue weighted by Crippen LogP contribution is 2.26. The third-order valence-electron chi connectivity index (χ3n) is 3.59. The molecule has 0 spiro atoms. The number of esters is 1. The number of aliphatic hydroxyl groups is 1. The monoisotopic (exact) mass is 366 g/mol. The second-order valence-electron chi connectivity index (χ2n) is 5.23. The Morgan fingerprint density at radius 3 is 2.58 bits per heavy atom. The van der Waals surface area contributed by atoms with Crippen molar-refractivity contribution in [3.63, 3.8) is 0 Å². The largest absolute Gasteiger partial charge is 0.497 e. The molecule has 24 heavy (non-hydrogen) atoms. The van der Waals surface area contributed by atoms with Gasteiger partial charge < -0.3 is 14.6 Å². The van der Waals surface area contributed by atoms with E-state index in [0.29, 0.717) is 12.4 Å². The van der Waals surface area contributed by atoms with Gasteiger partial charge in [0, 0.05) is 11.5 Å². The molecule has 0 heterocycles. The number of aliphatic hydroxyl groups excluding tert-OH is 1. The summed E-state index contributed by atoms with van der Waals surface area (Å²) >= 11 is 0. The van der Waals surface area contributed by atoms with Crippen molar-refractivity contribution in [2.45, 2.75) is 12.8 Å². The molecule has 0 saturated carbocycles. The first-order valence-electron chi connectivity index (χ1n) is 7.75. The lowest BCUT2D eigenvalue weighted by Gasteiger charge is -2.13. The molecule has 4 nitrogen and oxygen atoms in total. The van der Waals surface area contributed by atoms with Gasteiger partial charge in [-0.15, -0.1) is 0 Å². The highest BCUT2D eigenvalue weighted by molar-refractivity contribution is 8.76. The van der Waals surface area contributed by atoms with Gasteiger partial charge in [0.25, 0.3) is 0 Å². The van der Waals surface area contributed by atoms with Crippen LogP contribution in [0.2, 0.25) is 0 Å². The molecular formula is C18H22O4S2. The molecule has 130 valence electrons. The van der Waals surface area contributed by atoms with Gasteiger partial charge in [0.15, 0.2) is 0 Å². The average molecular weight is 367 g/mol. The predicted molar refractivity (Wildman–Crippen MR) is 102 cm³/mol. The third kappa shape index (κ3) is 5.33. The molecule has 0 fully saturated rings. The van der Waals surface area contributed by atoms with Crippen LogP contribution in [0.5, 0.6) is 5.75 Å². The quantitative estimate of drug-likeness (QED) is 0.413. The van der Waals surface area contributed by atoms with Gasteiger partial charge in [-0.25, -0.2) is 0 Å². The number of hydrogen-bond donors (Lipinski definition) is 1. The van der Waals surface area contributed by atoms with Crippen LogP contribution in [0.1, 0.15) is 18.4 Å². The van der Waals surface area contributed by atoms with E-state index >= 15 is 0 Å². The van der Waals surface area contributed by atoms with E-state index in [2.05, 4.69) is 0 Å². The first kappa shape index (κ1) is 19.0. The zero-order valence-corrected chi connectivity index (χ0v) is 15.5. The van der Waals surface area contributed by atoms with Crippen LogP contribution in [-0.2, 0) is 9.53 Å². The zero-order chi connectivity index (χ0) is 17.4. The number of rotatable bonds is 9. The van der Waals surface area contributed by atoms with Crippen LogP contribution in [0.4, 0.5) is 0 Å². The molecule has 1 N–H and O–H groups in total. The van der Waals surface area contributed by atoms with Gasteiger partial charge in [-0.1, -0.05) is 45.9 Å². The molecular weight excluding hydrogens is 344 g/mol. The van der Waals surface area contributed by atoms with Crippen molar-refractivity contribution < 1.29 is 19.4 Å². The lowest BCUT2D eigenvalue weighted by molar-refractivity contribution is -0.144. The van der Waals surface area contributed by atoms with Crippen LogP contribution >= 0.6 is 21.6 Å². The van der Waals surface area contributed by atoms with Gasteiger partial charge in [0.05, 0.1) is 19.6 Å². The van der Waals surface area contributed by atoms with Crippen LogP contribution in [0.15, 0.2) is 36.4 Å². The lowest BCUT2D eigenvalue weighted by Crippen LogP contribution is -2.14. The van der Waals surface area contributed by atoms with Crippen LogP contribution in [0.3, 0.4) is 0 Å². The zero-order valence-electron chi connectivity index (χ0n) is 13.9. The molecule has 0 bridgehead atoms. The summed E-state index contributed by atoms with van der Waals surface area (Å²) in [5.74, 6) is 1.72. The van der Waals surface area contributed by atoms with Gasteiger partial charge in [-0.05, 0) is 35.4 Å². The minimum atomic E-state index is -0.299. The molecule has 0 radical (unpaired) electrons. The van der Waals surface area contributed by atoms with E-state index in [1.807, 2.05) is 43.3 Å². The Morgan fingerprint density at radius 2 is 1.83 bits per heavy atom. The summed E-state index contributed by atoms with van der Waals surface area (Å²) in [6.45, 7) is 2.42. The van der Waals surface area contributed by atoms with Gasteiger partial charge in [-0.3, -0.25) is 4.79 Å². The van der Waals surface area contributed by atoms with Crippen molar-refractivity contribution in [1.82, 2.24) is 0 Å². The molecule has 2 rings (SSSR count). The second-order valence-corrected chi connectivity index (χ2v) is 7.93.